The summed E-state index contributed by atoms with van der Waals surface area (Å²) in [6.07, 6.45) is 2.68. The third-order valence-corrected chi connectivity index (χ3v) is 5.70. The van der Waals surface area contributed by atoms with Gasteiger partial charge in [-0.2, -0.15) is 0 Å². The number of benzene rings is 1. The van der Waals surface area contributed by atoms with Gasteiger partial charge in [-0.05, 0) is 48.9 Å². The first-order chi connectivity index (χ1) is 9.86. The molecule has 1 N–H and O–H groups in total. The summed E-state index contributed by atoms with van der Waals surface area (Å²) in [5.41, 5.74) is 3.27. The molecular formula is C17H24N2O. The largest absolute Gasteiger partial charge is 0.384 e. The molecule has 4 rings (SSSR count). The van der Waals surface area contributed by atoms with E-state index in [1.165, 1.54) is 37.2 Å². The fraction of sp³-hybridized carbons (Fsp3) is 0.647. The summed E-state index contributed by atoms with van der Waals surface area (Å²) < 4.78 is 5.42. The number of methoxy groups -OCH3 is 1. The minimum Gasteiger partial charge on any atom is -0.384 e. The second kappa shape index (κ2) is 4.74. The second-order valence-corrected chi connectivity index (χ2v) is 6.58. The quantitative estimate of drug-likeness (QED) is 0.907. The summed E-state index contributed by atoms with van der Waals surface area (Å²) in [5.74, 6) is 1.49. The average molecular weight is 272 g/mol. The van der Waals surface area contributed by atoms with Gasteiger partial charge in [-0.15, -0.1) is 0 Å². The Balaban J connectivity index is 1.56. The highest BCUT2D eigenvalue weighted by Gasteiger charge is 2.67. The summed E-state index contributed by atoms with van der Waals surface area (Å²) in [7, 11) is 1.83. The van der Waals surface area contributed by atoms with Crippen LogP contribution < -0.4 is 10.2 Å². The highest BCUT2D eigenvalue weighted by molar-refractivity contribution is 5.51. The Bertz CT molecular complexity index is 480. The van der Waals surface area contributed by atoms with Crippen LogP contribution in [0, 0.1) is 11.8 Å². The predicted octanol–water partition coefficient (Wildman–Crippen LogP) is 2.02. The van der Waals surface area contributed by atoms with Crippen LogP contribution in [0.2, 0.25) is 0 Å². The number of hydrogen-bond donors (Lipinski definition) is 1. The number of piperidine rings is 1. The Labute approximate surface area is 121 Å². The van der Waals surface area contributed by atoms with Crippen molar-refractivity contribution in [2.24, 2.45) is 11.8 Å². The molecule has 3 aliphatic rings. The third kappa shape index (κ3) is 1.73. The topological polar surface area (TPSA) is 24.5 Å². The summed E-state index contributed by atoms with van der Waals surface area (Å²) in [6.45, 7) is 5.62. The average Bonchev–Trinajstić information content (AvgIpc) is 2.95. The van der Waals surface area contributed by atoms with Crippen molar-refractivity contribution < 1.29 is 4.74 Å². The molecule has 3 fully saturated rings. The van der Waals surface area contributed by atoms with E-state index in [1.807, 2.05) is 7.11 Å². The number of rotatable bonds is 4. The molecule has 0 amide bonds. The second-order valence-electron chi connectivity index (χ2n) is 6.58. The molecule has 0 spiro atoms. The van der Waals surface area contributed by atoms with Gasteiger partial charge in [0.25, 0.3) is 0 Å². The van der Waals surface area contributed by atoms with E-state index in [0.29, 0.717) is 11.3 Å². The number of nitrogens with one attached hydrogen (secondary N) is 1. The third-order valence-electron chi connectivity index (χ3n) is 5.70. The maximum atomic E-state index is 5.42. The monoisotopic (exact) mass is 272 g/mol. The first-order valence-corrected chi connectivity index (χ1v) is 7.91. The summed E-state index contributed by atoms with van der Waals surface area (Å²) in [4.78, 5) is 2.51. The molecule has 3 nitrogen and oxygen atoms in total. The Morgan fingerprint density at radius 2 is 2.00 bits per heavy atom. The molecule has 1 aromatic carbocycles. The van der Waals surface area contributed by atoms with Crippen LogP contribution in [0.1, 0.15) is 18.4 Å². The van der Waals surface area contributed by atoms with Crippen LogP contribution in [0.4, 0.5) is 5.69 Å². The lowest BCUT2D eigenvalue weighted by atomic mass is 9.93. The lowest BCUT2D eigenvalue weighted by Gasteiger charge is -2.20. The lowest BCUT2D eigenvalue weighted by Crippen LogP contribution is -2.25. The molecule has 3 unspecified atom stereocenters. The molecule has 1 aliphatic carbocycles. The summed E-state index contributed by atoms with van der Waals surface area (Å²) in [5, 5.41) is 3.55. The molecule has 1 saturated carbocycles. The Morgan fingerprint density at radius 1 is 1.25 bits per heavy atom. The Morgan fingerprint density at radius 3 is 2.70 bits per heavy atom. The number of anilines is 1. The standard InChI is InChI=1S/C17H24N2O/c1-20-11-16-15-10-18-12-17(15,16)13-4-6-14(7-5-13)19-8-2-3-9-19/h4-7,15-16,18H,2-3,8-12H2,1H3. The van der Waals surface area contributed by atoms with Crippen LogP contribution >= 0.6 is 0 Å². The summed E-state index contributed by atoms with van der Waals surface area (Å²) in [6, 6.07) is 9.38. The zero-order valence-electron chi connectivity index (χ0n) is 12.3. The molecule has 0 aromatic heterocycles. The highest BCUT2D eigenvalue weighted by Crippen LogP contribution is 2.62. The van der Waals surface area contributed by atoms with Crippen molar-refractivity contribution in [3.8, 4) is 0 Å². The van der Waals surface area contributed by atoms with Gasteiger partial charge in [-0.25, -0.2) is 0 Å². The molecule has 2 aliphatic heterocycles. The van der Waals surface area contributed by atoms with Crippen molar-refractivity contribution in [2.45, 2.75) is 18.3 Å². The fourth-order valence-electron chi connectivity index (χ4n) is 4.56. The van der Waals surface area contributed by atoms with Crippen molar-refractivity contribution in [1.82, 2.24) is 5.32 Å². The van der Waals surface area contributed by atoms with Crippen LogP contribution in [0.15, 0.2) is 24.3 Å². The fourth-order valence-corrected chi connectivity index (χ4v) is 4.56. The molecule has 1 aromatic rings. The van der Waals surface area contributed by atoms with E-state index in [9.17, 15) is 0 Å². The van der Waals surface area contributed by atoms with E-state index in [1.54, 1.807) is 0 Å². The molecule has 0 bridgehead atoms. The van der Waals surface area contributed by atoms with Gasteiger partial charge in [-0.3, -0.25) is 0 Å². The van der Waals surface area contributed by atoms with E-state index in [2.05, 4.69) is 34.5 Å². The van der Waals surface area contributed by atoms with Crippen LogP contribution in [-0.4, -0.2) is 39.9 Å². The Kier molecular flexibility index (Phi) is 3.00. The first-order valence-electron chi connectivity index (χ1n) is 7.91. The minimum absolute atomic E-state index is 0.361. The normalized spacial score (nSPS) is 35.4. The van der Waals surface area contributed by atoms with Crippen LogP contribution in [0.3, 0.4) is 0 Å². The number of hydrogen-bond acceptors (Lipinski definition) is 3. The maximum absolute atomic E-state index is 5.42. The van der Waals surface area contributed by atoms with Crippen LogP contribution in [0.5, 0.6) is 0 Å². The predicted molar refractivity (Wildman–Crippen MR) is 81.3 cm³/mol. The van der Waals surface area contributed by atoms with Crippen molar-refractivity contribution in [2.75, 3.05) is 44.8 Å². The van der Waals surface area contributed by atoms with Gasteiger partial charge < -0.3 is 15.0 Å². The highest BCUT2D eigenvalue weighted by atomic mass is 16.5. The van der Waals surface area contributed by atoms with E-state index < -0.39 is 0 Å². The van der Waals surface area contributed by atoms with E-state index in [-0.39, 0.29) is 0 Å². The van der Waals surface area contributed by atoms with Gasteiger partial charge in [0.1, 0.15) is 0 Å². The zero-order chi connectivity index (χ0) is 13.6. The van der Waals surface area contributed by atoms with Crippen LogP contribution in [-0.2, 0) is 10.2 Å². The smallest absolute Gasteiger partial charge is 0.0503 e. The number of fused-ring (bicyclic) bond motifs is 1. The molecule has 3 heteroatoms. The van der Waals surface area contributed by atoms with E-state index in [0.717, 1.165) is 25.6 Å². The number of nitrogens with zero attached hydrogens (tertiary/aromatic N) is 1. The lowest BCUT2D eigenvalue weighted by molar-refractivity contribution is 0.172. The SMILES string of the molecule is COCC1C2CNCC21c1ccc(N2CCCC2)cc1. The summed E-state index contributed by atoms with van der Waals surface area (Å²) >= 11 is 0. The van der Waals surface area contributed by atoms with Crippen molar-refractivity contribution >= 4 is 5.69 Å². The maximum Gasteiger partial charge on any atom is 0.0503 e. The molecule has 108 valence electrons. The van der Waals surface area contributed by atoms with Gasteiger partial charge in [0.05, 0.1) is 6.61 Å². The van der Waals surface area contributed by atoms with E-state index in [4.69, 9.17) is 4.74 Å². The number of ether oxygens (including phenoxy) is 1. The van der Waals surface area contributed by atoms with Gasteiger partial charge in [-0.1, -0.05) is 12.1 Å². The van der Waals surface area contributed by atoms with Crippen molar-refractivity contribution in [1.29, 1.82) is 0 Å². The molecule has 0 radical (unpaired) electrons. The Hall–Kier alpha value is -1.06. The molecule has 20 heavy (non-hydrogen) atoms. The van der Waals surface area contributed by atoms with Crippen LogP contribution in [0.25, 0.3) is 0 Å². The van der Waals surface area contributed by atoms with Gasteiger partial charge in [0.2, 0.25) is 0 Å². The molecule has 2 heterocycles. The molecular weight excluding hydrogens is 248 g/mol. The van der Waals surface area contributed by atoms with Crippen molar-refractivity contribution in [3.05, 3.63) is 29.8 Å². The van der Waals surface area contributed by atoms with Gasteiger partial charge >= 0.3 is 0 Å². The molecule has 3 atom stereocenters. The zero-order valence-corrected chi connectivity index (χ0v) is 12.3. The van der Waals surface area contributed by atoms with Gasteiger partial charge in [0, 0.05) is 37.8 Å². The van der Waals surface area contributed by atoms with E-state index >= 15 is 0 Å². The minimum atomic E-state index is 0.361. The van der Waals surface area contributed by atoms with Gasteiger partial charge in [0.15, 0.2) is 0 Å². The first kappa shape index (κ1) is 12.7. The van der Waals surface area contributed by atoms with Crippen molar-refractivity contribution in [3.63, 3.8) is 0 Å². The molecule has 2 saturated heterocycles.